The zero-order valence-electron chi connectivity index (χ0n) is 13.2. The summed E-state index contributed by atoms with van der Waals surface area (Å²) in [5.74, 6) is 0.556. The second kappa shape index (κ2) is 8.63. The maximum atomic E-state index is 12.6. The van der Waals surface area contributed by atoms with Crippen LogP contribution < -0.4 is 14.8 Å². The molecule has 0 unspecified atom stereocenters. The van der Waals surface area contributed by atoms with Gasteiger partial charge in [-0.1, -0.05) is 0 Å². The smallest absolute Gasteiger partial charge is 0.254 e. The van der Waals surface area contributed by atoms with Gasteiger partial charge in [0.2, 0.25) is 5.91 Å². The molecule has 7 heteroatoms. The molecule has 0 atom stereocenters. The molecule has 22 heavy (non-hydrogen) atoms. The molecular weight excluding hydrogens is 352 g/mol. The number of nitrogens with zero attached hydrogens (tertiary/aromatic N) is 1. The van der Waals surface area contributed by atoms with Crippen molar-refractivity contribution in [3.63, 3.8) is 0 Å². The molecular formula is C15H21BrN2O4. The molecule has 0 saturated carbocycles. The van der Waals surface area contributed by atoms with E-state index in [0.29, 0.717) is 34.6 Å². The first-order valence-electron chi connectivity index (χ1n) is 6.95. The number of methoxy groups -OCH3 is 2. The highest BCUT2D eigenvalue weighted by Crippen LogP contribution is 2.35. The molecule has 0 spiro atoms. The predicted octanol–water partition coefficient (Wildman–Crippen LogP) is 2.06. The van der Waals surface area contributed by atoms with Crippen LogP contribution in [0.25, 0.3) is 0 Å². The Kier molecular flexibility index (Phi) is 7.17. The second-order valence-electron chi connectivity index (χ2n) is 4.47. The van der Waals surface area contributed by atoms with Gasteiger partial charge in [0.1, 0.15) is 16.0 Å². The van der Waals surface area contributed by atoms with E-state index < -0.39 is 0 Å². The van der Waals surface area contributed by atoms with Crippen molar-refractivity contribution < 1.29 is 19.1 Å². The van der Waals surface area contributed by atoms with Gasteiger partial charge in [0.15, 0.2) is 0 Å². The zero-order chi connectivity index (χ0) is 16.7. The summed E-state index contributed by atoms with van der Waals surface area (Å²) in [5, 5.41) is 2.68. The fraction of sp³-hybridized carbons (Fsp3) is 0.467. The maximum absolute atomic E-state index is 12.6. The van der Waals surface area contributed by atoms with E-state index in [1.54, 1.807) is 12.1 Å². The molecule has 0 aromatic heterocycles. The number of nitrogens with one attached hydrogen (secondary N) is 1. The molecule has 1 aromatic rings. The molecule has 6 nitrogen and oxygen atoms in total. The van der Waals surface area contributed by atoms with E-state index in [9.17, 15) is 9.59 Å². The maximum Gasteiger partial charge on any atom is 0.254 e. The number of benzene rings is 1. The van der Waals surface area contributed by atoms with Crippen LogP contribution in [0.1, 0.15) is 24.2 Å². The van der Waals surface area contributed by atoms with Crippen molar-refractivity contribution in [2.45, 2.75) is 13.8 Å². The van der Waals surface area contributed by atoms with E-state index >= 15 is 0 Å². The van der Waals surface area contributed by atoms with Gasteiger partial charge in [0.25, 0.3) is 5.91 Å². The summed E-state index contributed by atoms with van der Waals surface area (Å²) in [5.41, 5.74) is 0.406. The van der Waals surface area contributed by atoms with Crippen LogP contribution in [0.2, 0.25) is 0 Å². The number of amides is 2. The average Bonchev–Trinajstić information content (AvgIpc) is 2.52. The Morgan fingerprint density at radius 2 is 1.73 bits per heavy atom. The van der Waals surface area contributed by atoms with E-state index in [-0.39, 0.29) is 18.4 Å². The lowest BCUT2D eigenvalue weighted by molar-refractivity contribution is -0.121. The molecule has 122 valence electrons. The molecule has 1 aromatic carbocycles. The largest absolute Gasteiger partial charge is 0.495 e. The Bertz CT molecular complexity index is 523. The van der Waals surface area contributed by atoms with Crippen molar-refractivity contribution in [3.8, 4) is 11.5 Å². The number of rotatable bonds is 7. The summed E-state index contributed by atoms with van der Waals surface area (Å²) in [6, 6.07) is 3.24. The van der Waals surface area contributed by atoms with Gasteiger partial charge in [0, 0.05) is 18.7 Å². The molecule has 2 amide bonds. The second-order valence-corrected chi connectivity index (χ2v) is 5.26. The molecule has 0 heterocycles. The van der Waals surface area contributed by atoms with E-state index in [1.165, 1.54) is 19.1 Å². The van der Waals surface area contributed by atoms with Crippen molar-refractivity contribution in [1.29, 1.82) is 0 Å². The van der Waals surface area contributed by atoms with E-state index in [4.69, 9.17) is 9.47 Å². The zero-order valence-corrected chi connectivity index (χ0v) is 14.8. The first-order valence-corrected chi connectivity index (χ1v) is 7.75. The van der Waals surface area contributed by atoms with Crippen LogP contribution in [0.15, 0.2) is 16.6 Å². The summed E-state index contributed by atoms with van der Waals surface area (Å²) in [6.45, 7) is 4.63. The SMILES string of the molecule is CCNC(=O)CN(CC)C(=O)c1cc(OC)c(Br)c(OC)c1. The van der Waals surface area contributed by atoms with Crippen molar-refractivity contribution in [2.75, 3.05) is 33.9 Å². The van der Waals surface area contributed by atoms with Gasteiger partial charge in [-0.05, 0) is 41.9 Å². The summed E-state index contributed by atoms with van der Waals surface area (Å²) in [7, 11) is 3.03. The highest BCUT2D eigenvalue weighted by Gasteiger charge is 2.20. The van der Waals surface area contributed by atoms with Crippen LogP contribution in [0.5, 0.6) is 11.5 Å². The minimum Gasteiger partial charge on any atom is -0.495 e. The van der Waals surface area contributed by atoms with Crippen LogP contribution >= 0.6 is 15.9 Å². The summed E-state index contributed by atoms with van der Waals surface area (Å²) >= 11 is 3.36. The van der Waals surface area contributed by atoms with Gasteiger partial charge in [-0.25, -0.2) is 0 Å². The number of halogens is 1. The number of hydrogen-bond donors (Lipinski definition) is 1. The van der Waals surface area contributed by atoms with Gasteiger partial charge in [-0.2, -0.15) is 0 Å². The standard InChI is InChI=1S/C15H21BrN2O4/c1-5-17-13(19)9-18(6-2)15(20)10-7-11(21-3)14(16)12(8-10)22-4/h7-8H,5-6,9H2,1-4H3,(H,17,19). The lowest BCUT2D eigenvalue weighted by Gasteiger charge is -2.21. The molecule has 0 aliphatic carbocycles. The van der Waals surface area contributed by atoms with Crippen molar-refractivity contribution >= 4 is 27.7 Å². The minimum atomic E-state index is -0.252. The van der Waals surface area contributed by atoms with Crippen LogP contribution in [0, 0.1) is 0 Å². The molecule has 0 aliphatic rings. The van der Waals surface area contributed by atoms with Crippen molar-refractivity contribution in [2.24, 2.45) is 0 Å². The highest BCUT2D eigenvalue weighted by molar-refractivity contribution is 9.10. The Morgan fingerprint density at radius 3 is 2.14 bits per heavy atom. The fourth-order valence-corrected chi connectivity index (χ4v) is 2.48. The van der Waals surface area contributed by atoms with Gasteiger partial charge < -0.3 is 19.7 Å². The van der Waals surface area contributed by atoms with Crippen LogP contribution in [0.3, 0.4) is 0 Å². The molecule has 0 bridgehead atoms. The number of likely N-dealkylation sites (N-methyl/N-ethyl adjacent to an activating group) is 2. The highest BCUT2D eigenvalue weighted by atomic mass is 79.9. The number of hydrogen-bond acceptors (Lipinski definition) is 4. The van der Waals surface area contributed by atoms with E-state index in [2.05, 4.69) is 21.2 Å². The fourth-order valence-electron chi connectivity index (χ4n) is 1.93. The molecule has 0 fully saturated rings. The van der Waals surface area contributed by atoms with Gasteiger partial charge >= 0.3 is 0 Å². The molecule has 1 N–H and O–H groups in total. The normalized spacial score (nSPS) is 10.0. The lowest BCUT2D eigenvalue weighted by atomic mass is 10.1. The third kappa shape index (κ3) is 4.37. The number of carbonyl (C=O) groups excluding carboxylic acids is 2. The lowest BCUT2D eigenvalue weighted by Crippen LogP contribution is -2.40. The Labute approximate surface area is 138 Å². The molecule has 1 rings (SSSR count). The topological polar surface area (TPSA) is 67.9 Å². The van der Waals surface area contributed by atoms with Crippen LogP contribution in [-0.4, -0.2) is 50.6 Å². The van der Waals surface area contributed by atoms with Gasteiger partial charge in [-0.3, -0.25) is 9.59 Å². The van der Waals surface area contributed by atoms with E-state index in [0.717, 1.165) is 0 Å². The number of carbonyl (C=O) groups is 2. The van der Waals surface area contributed by atoms with Gasteiger partial charge in [0.05, 0.1) is 20.8 Å². The van der Waals surface area contributed by atoms with Crippen LogP contribution in [-0.2, 0) is 4.79 Å². The molecule has 0 saturated heterocycles. The Balaban J connectivity index is 3.06. The van der Waals surface area contributed by atoms with E-state index in [1.807, 2.05) is 13.8 Å². The first-order chi connectivity index (χ1) is 10.5. The minimum absolute atomic E-state index is 0.0177. The molecule has 0 radical (unpaired) electrons. The summed E-state index contributed by atoms with van der Waals surface area (Å²) in [6.07, 6.45) is 0. The predicted molar refractivity (Wildman–Crippen MR) is 87.5 cm³/mol. The van der Waals surface area contributed by atoms with Crippen molar-refractivity contribution in [1.82, 2.24) is 10.2 Å². The number of ether oxygens (including phenoxy) is 2. The summed E-state index contributed by atoms with van der Waals surface area (Å²) < 4.78 is 11.1. The summed E-state index contributed by atoms with van der Waals surface area (Å²) in [4.78, 5) is 25.7. The Morgan fingerprint density at radius 1 is 1.18 bits per heavy atom. The monoisotopic (exact) mass is 372 g/mol. The first kappa shape index (κ1) is 18.3. The quantitative estimate of drug-likeness (QED) is 0.795. The molecule has 0 aliphatic heterocycles. The third-order valence-electron chi connectivity index (χ3n) is 3.07. The van der Waals surface area contributed by atoms with Crippen LogP contribution in [0.4, 0.5) is 0 Å². The Hall–Kier alpha value is -1.76. The average molecular weight is 373 g/mol. The van der Waals surface area contributed by atoms with Gasteiger partial charge in [-0.15, -0.1) is 0 Å². The third-order valence-corrected chi connectivity index (χ3v) is 3.85. The van der Waals surface area contributed by atoms with Crippen molar-refractivity contribution in [3.05, 3.63) is 22.2 Å².